The summed E-state index contributed by atoms with van der Waals surface area (Å²) in [5.41, 5.74) is 1.54. The summed E-state index contributed by atoms with van der Waals surface area (Å²) in [4.78, 5) is 15.8. The normalized spacial score (nSPS) is 11.2. The van der Waals surface area contributed by atoms with E-state index in [1.165, 1.54) is 0 Å². The largest absolute Gasteiger partial charge is 0.484 e. The number of carbonyl (C=O) groups excluding carboxylic acids is 1. The van der Waals surface area contributed by atoms with Gasteiger partial charge in [-0.3, -0.25) is 9.78 Å². The predicted octanol–water partition coefficient (Wildman–Crippen LogP) is 2.21. The van der Waals surface area contributed by atoms with Gasteiger partial charge in [-0.25, -0.2) is 0 Å². The van der Waals surface area contributed by atoms with Crippen LogP contribution in [-0.2, 0) is 4.79 Å². The first kappa shape index (κ1) is 14.5. The second-order valence-corrected chi connectivity index (χ2v) is 4.49. The van der Waals surface area contributed by atoms with E-state index >= 15 is 0 Å². The van der Waals surface area contributed by atoms with Gasteiger partial charge in [-0.2, -0.15) is 5.26 Å². The zero-order valence-electron chi connectivity index (χ0n) is 11.6. The fourth-order valence-corrected chi connectivity index (χ4v) is 1.79. The lowest BCUT2D eigenvalue weighted by Gasteiger charge is -2.14. The molecule has 2 aromatic rings. The van der Waals surface area contributed by atoms with Crippen LogP contribution >= 0.6 is 0 Å². The average Bonchev–Trinajstić information content (AvgIpc) is 2.54. The van der Waals surface area contributed by atoms with Crippen molar-refractivity contribution in [3.05, 3.63) is 59.9 Å². The quantitative estimate of drug-likeness (QED) is 0.911. The number of nitrogens with zero attached hydrogens (tertiary/aromatic N) is 2. The minimum atomic E-state index is -0.205. The Kier molecular flexibility index (Phi) is 4.89. The van der Waals surface area contributed by atoms with Gasteiger partial charge in [0.2, 0.25) is 0 Å². The second-order valence-electron chi connectivity index (χ2n) is 4.49. The zero-order chi connectivity index (χ0) is 15.1. The van der Waals surface area contributed by atoms with Gasteiger partial charge >= 0.3 is 0 Å². The number of aromatic nitrogens is 1. The lowest BCUT2D eigenvalue weighted by Crippen LogP contribution is -2.31. The first-order chi connectivity index (χ1) is 10.2. The van der Waals surface area contributed by atoms with Gasteiger partial charge < -0.3 is 10.1 Å². The Bertz CT molecular complexity index is 633. The number of hydrogen-bond donors (Lipinski definition) is 1. The van der Waals surface area contributed by atoms with Crippen LogP contribution in [0.5, 0.6) is 5.75 Å². The highest BCUT2D eigenvalue weighted by molar-refractivity contribution is 5.78. The molecule has 0 bridgehead atoms. The molecule has 0 aliphatic heterocycles. The fraction of sp³-hybridized carbons (Fsp3) is 0.188. The lowest BCUT2D eigenvalue weighted by atomic mass is 10.1. The molecule has 1 aromatic carbocycles. The number of benzene rings is 1. The highest BCUT2D eigenvalue weighted by Crippen LogP contribution is 2.12. The number of amides is 1. The van der Waals surface area contributed by atoms with Crippen LogP contribution in [0.3, 0.4) is 0 Å². The van der Waals surface area contributed by atoms with E-state index in [2.05, 4.69) is 10.3 Å². The van der Waals surface area contributed by atoms with Crippen LogP contribution in [0.15, 0.2) is 48.8 Å². The maximum Gasteiger partial charge on any atom is 0.258 e. The molecule has 0 saturated carbocycles. The summed E-state index contributed by atoms with van der Waals surface area (Å²) in [6.07, 6.45) is 3.37. The average molecular weight is 281 g/mol. The first-order valence-corrected chi connectivity index (χ1v) is 6.51. The van der Waals surface area contributed by atoms with Crippen molar-refractivity contribution in [2.24, 2.45) is 0 Å². The molecule has 0 aliphatic rings. The molecule has 5 heteroatoms. The molecule has 1 amide bonds. The van der Waals surface area contributed by atoms with E-state index in [0.717, 1.165) is 5.56 Å². The van der Waals surface area contributed by atoms with Crippen molar-refractivity contribution in [3.63, 3.8) is 0 Å². The van der Waals surface area contributed by atoms with Crippen LogP contribution in [0.1, 0.15) is 24.1 Å². The molecule has 0 spiro atoms. The zero-order valence-corrected chi connectivity index (χ0v) is 11.6. The second kappa shape index (κ2) is 7.06. The number of ether oxygens (including phenoxy) is 1. The van der Waals surface area contributed by atoms with Crippen molar-refractivity contribution in [1.29, 1.82) is 5.26 Å². The molecule has 1 heterocycles. The Labute approximate surface area is 123 Å². The minimum Gasteiger partial charge on any atom is -0.484 e. The molecule has 0 aliphatic carbocycles. The monoisotopic (exact) mass is 281 g/mol. The highest BCUT2D eigenvalue weighted by Gasteiger charge is 2.09. The third-order valence-corrected chi connectivity index (χ3v) is 2.94. The number of nitrogens with one attached hydrogen (secondary N) is 1. The Morgan fingerprint density at radius 3 is 2.57 bits per heavy atom. The number of pyridine rings is 1. The van der Waals surface area contributed by atoms with E-state index < -0.39 is 0 Å². The van der Waals surface area contributed by atoms with Gasteiger partial charge in [0.25, 0.3) is 5.91 Å². The molecule has 0 radical (unpaired) electrons. The summed E-state index contributed by atoms with van der Waals surface area (Å²) >= 11 is 0. The highest BCUT2D eigenvalue weighted by atomic mass is 16.5. The third-order valence-electron chi connectivity index (χ3n) is 2.94. The number of hydrogen-bond acceptors (Lipinski definition) is 4. The molecular weight excluding hydrogens is 266 g/mol. The summed E-state index contributed by atoms with van der Waals surface area (Å²) in [5, 5.41) is 11.5. The van der Waals surface area contributed by atoms with Crippen molar-refractivity contribution in [2.75, 3.05) is 6.61 Å². The van der Waals surface area contributed by atoms with E-state index in [1.54, 1.807) is 36.7 Å². The Morgan fingerprint density at radius 1 is 1.29 bits per heavy atom. The number of nitriles is 1. The first-order valence-electron chi connectivity index (χ1n) is 6.51. The molecule has 2 rings (SSSR count). The van der Waals surface area contributed by atoms with Crippen LogP contribution < -0.4 is 10.1 Å². The predicted molar refractivity (Wildman–Crippen MR) is 77.4 cm³/mol. The molecule has 106 valence electrons. The van der Waals surface area contributed by atoms with E-state index in [0.29, 0.717) is 11.3 Å². The summed E-state index contributed by atoms with van der Waals surface area (Å²) in [6, 6.07) is 12.2. The summed E-state index contributed by atoms with van der Waals surface area (Å²) < 4.78 is 5.37. The van der Waals surface area contributed by atoms with Gasteiger partial charge in [-0.1, -0.05) is 0 Å². The summed E-state index contributed by atoms with van der Waals surface area (Å²) in [7, 11) is 0. The standard InChI is InChI=1S/C16H15N3O2/c1-12(14-6-8-18-9-7-14)19-16(20)11-21-15-4-2-13(10-17)3-5-15/h2-9,12H,11H2,1H3,(H,19,20)/t12-/m0/s1. The molecular formula is C16H15N3O2. The molecule has 1 atom stereocenters. The molecule has 0 fully saturated rings. The van der Waals surface area contributed by atoms with Crippen LogP contribution in [0, 0.1) is 11.3 Å². The van der Waals surface area contributed by atoms with Crippen LogP contribution in [0.2, 0.25) is 0 Å². The van der Waals surface area contributed by atoms with Crippen LogP contribution in [-0.4, -0.2) is 17.5 Å². The molecule has 0 unspecified atom stereocenters. The number of rotatable bonds is 5. The van der Waals surface area contributed by atoms with Crippen molar-refractivity contribution < 1.29 is 9.53 Å². The van der Waals surface area contributed by atoms with Crippen molar-refractivity contribution in [2.45, 2.75) is 13.0 Å². The van der Waals surface area contributed by atoms with E-state index in [9.17, 15) is 4.79 Å². The van der Waals surface area contributed by atoms with Gasteiger partial charge in [0.15, 0.2) is 6.61 Å². The van der Waals surface area contributed by atoms with Gasteiger partial charge in [0.05, 0.1) is 17.7 Å². The van der Waals surface area contributed by atoms with Gasteiger partial charge in [0, 0.05) is 12.4 Å². The fourth-order valence-electron chi connectivity index (χ4n) is 1.79. The van der Waals surface area contributed by atoms with Crippen molar-refractivity contribution in [3.8, 4) is 11.8 Å². The van der Waals surface area contributed by atoms with Crippen molar-refractivity contribution >= 4 is 5.91 Å². The summed E-state index contributed by atoms with van der Waals surface area (Å²) in [5.74, 6) is 0.351. The molecule has 5 nitrogen and oxygen atoms in total. The number of carbonyl (C=O) groups is 1. The minimum absolute atomic E-state index is 0.0681. The molecule has 0 saturated heterocycles. The van der Waals surface area contributed by atoms with Crippen LogP contribution in [0.25, 0.3) is 0 Å². The van der Waals surface area contributed by atoms with Crippen LogP contribution in [0.4, 0.5) is 0 Å². The maximum atomic E-state index is 11.8. The Morgan fingerprint density at radius 2 is 1.95 bits per heavy atom. The van der Waals surface area contributed by atoms with Crippen molar-refractivity contribution in [1.82, 2.24) is 10.3 Å². The van der Waals surface area contributed by atoms with Gasteiger partial charge in [-0.15, -0.1) is 0 Å². The Hall–Kier alpha value is -2.87. The van der Waals surface area contributed by atoms with E-state index in [4.69, 9.17) is 10.00 Å². The lowest BCUT2D eigenvalue weighted by molar-refractivity contribution is -0.123. The van der Waals surface area contributed by atoms with E-state index in [-0.39, 0.29) is 18.6 Å². The Balaban J connectivity index is 1.83. The molecule has 1 aromatic heterocycles. The maximum absolute atomic E-state index is 11.8. The molecule has 1 N–H and O–H groups in total. The topological polar surface area (TPSA) is 75.0 Å². The smallest absolute Gasteiger partial charge is 0.258 e. The van der Waals surface area contributed by atoms with Gasteiger partial charge in [0.1, 0.15) is 5.75 Å². The van der Waals surface area contributed by atoms with Gasteiger partial charge in [-0.05, 0) is 48.9 Å². The molecule has 21 heavy (non-hydrogen) atoms. The summed E-state index contributed by atoms with van der Waals surface area (Å²) in [6.45, 7) is 1.83. The third kappa shape index (κ3) is 4.32. The van der Waals surface area contributed by atoms with E-state index in [1.807, 2.05) is 25.1 Å². The SMILES string of the molecule is C[C@H](NC(=O)COc1ccc(C#N)cc1)c1ccncc1.